The van der Waals surface area contributed by atoms with Crippen LogP contribution in [-0.2, 0) is 16.1 Å². The van der Waals surface area contributed by atoms with E-state index in [1.807, 2.05) is 26.0 Å². The molecule has 0 aliphatic rings. The lowest BCUT2D eigenvalue weighted by molar-refractivity contribution is -0.119. The Bertz CT molecular complexity index is 760. The largest absolute Gasteiger partial charge is 0.383 e. The number of nitrogens with zero attached hydrogens (tertiary/aromatic N) is 2. The van der Waals surface area contributed by atoms with E-state index in [0.717, 1.165) is 6.42 Å². The van der Waals surface area contributed by atoms with E-state index in [4.69, 9.17) is 4.74 Å². The number of rotatable bonds is 8. The number of methoxy groups -OCH3 is 1. The molecule has 2 rings (SSSR count). The van der Waals surface area contributed by atoms with Crippen LogP contribution in [0.5, 0.6) is 0 Å². The molecule has 0 aliphatic heterocycles. The molecule has 0 spiro atoms. The van der Waals surface area contributed by atoms with Crippen LogP contribution in [0.1, 0.15) is 20.3 Å². The van der Waals surface area contributed by atoms with Gasteiger partial charge in [-0.3, -0.25) is 14.2 Å². The Hall–Kier alpha value is -1.86. The maximum Gasteiger partial charge on any atom is 0.262 e. The lowest BCUT2D eigenvalue weighted by Crippen LogP contribution is -2.33. The molecule has 0 saturated carbocycles. The third-order valence-corrected chi connectivity index (χ3v) is 4.67. The van der Waals surface area contributed by atoms with E-state index in [-0.39, 0.29) is 23.3 Å². The third kappa shape index (κ3) is 4.58. The predicted octanol–water partition coefficient (Wildman–Crippen LogP) is 2.05. The van der Waals surface area contributed by atoms with Gasteiger partial charge in [0.15, 0.2) is 5.16 Å². The first-order chi connectivity index (χ1) is 11.6. The van der Waals surface area contributed by atoms with Crippen molar-refractivity contribution in [2.24, 2.45) is 0 Å². The van der Waals surface area contributed by atoms with Crippen LogP contribution >= 0.6 is 11.8 Å². The van der Waals surface area contributed by atoms with Gasteiger partial charge in [-0.2, -0.15) is 0 Å². The third-order valence-electron chi connectivity index (χ3n) is 3.70. The zero-order chi connectivity index (χ0) is 17.5. The Kier molecular flexibility index (Phi) is 6.81. The molecule has 0 fully saturated rings. The van der Waals surface area contributed by atoms with Crippen molar-refractivity contribution in [3.63, 3.8) is 0 Å². The highest BCUT2D eigenvalue weighted by Gasteiger charge is 2.13. The maximum atomic E-state index is 12.7. The molecule has 0 saturated heterocycles. The summed E-state index contributed by atoms with van der Waals surface area (Å²) < 4.78 is 6.66. The van der Waals surface area contributed by atoms with Gasteiger partial charge in [0, 0.05) is 13.2 Å². The summed E-state index contributed by atoms with van der Waals surface area (Å²) in [6, 6.07) is 7.37. The molecule has 1 atom stereocenters. The average Bonchev–Trinajstić information content (AvgIpc) is 2.59. The Balaban J connectivity index is 2.26. The van der Waals surface area contributed by atoms with Crippen molar-refractivity contribution in [2.45, 2.75) is 38.0 Å². The van der Waals surface area contributed by atoms with Gasteiger partial charge in [-0.05, 0) is 25.5 Å². The number of thioether (sulfide) groups is 1. The lowest BCUT2D eigenvalue weighted by Gasteiger charge is -2.14. The number of para-hydroxylation sites is 1. The molecule has 7 heteroatoms. The number of ether oxygens (including phenoxy) is 1. The molecular formula is C17H23N3O3S. The normalized spacial score (nSPS) is 12.3. The van der Waals surface area contributed by atoms with Crippen molar-refractivity contribution in [3.05, 3.63) is 34.6 Å². The van der Waals surface area contributed by atoms with Crippen LogP contribution in [0.2, 0.25) is 0 Å². The summed E-state index contributed by atoms with van der Waals surface area (Å²) in [5.41, 5.74) is 0.531. The molecule has 1 unspecified atom stereocenters. The SMILES string of the molecule is CCC(C)NC(=O)CSc1nc2ccccc2c(=O)n1CCOC. The van der Waals surface area contributed by atoms with Crippen LogP contribution in [0, 0.1) is 0 Å². The number of carbonyl (C=O) groups is 1. The van der Waals surface area contributed by atoms with E-state index < -0.39 is 0 Å². The lowest BCUT2D eigenvalue weighted by atomic mass is 10.2. The smallest absolute Gasteiger partial charge is 0.262 e. The van der Waals surface area contributed by atoms with Crippen LogP contribution in [-0.4, -0.2) is 41.0 Å². The molecular weight excluding hydrogens is 326 g/mol. The highest BCUT2D eigenvalue weighted by Crippen LogP contribution is 2.17. The summed E-state index contributed by atoms with van der Waals surface area (Å²) >= 11 is 1.27. The van der Waals surface area contributed by atoms with Gasteiger partial charge in [0.05, 0.1) is 29.8 Å². The molecule has 0 aliphatic carbocycles. The monoisotopic (exact) mass is 349 g/mol. The number of amides is 1. The number of benzene rings is 1. The van der Waals surface area contributed by atoms with E-state index in [1.54, 1.807) is 23.8 Å². The van der Waals surface area contributed by atoms with Crippen molar-refractivity contribution in [2.75, 3.05) is 19.5 Å². The summed E-state index contributed by atoms with van der Waals surface area (Å²) in [5, 5.41) is 4.02. The van der Waals surface area contributed by atoms with Crippen molar-refractivity contribution in [1.82, 2.24) is 14.9 Å². The van der Waals surface area contributed by atoms with Crippen LogP contribution < -0.4 is 10.9 Å². The van der Waals surface area contributed by atoms with Crippen molar-refractivity contribution < 1.29 is 9.53 Å². The Labute approximate surface area is 145 Å². The van der Waals surface area contributed by atoms with E-state index >= 15 is 0 Å². The number of hydrogen-bond acceptors (Lipinski definition) is 5. The number of aromatic nitrogens is 2. The molecule has 1 N–H and O–H groups in total. The average molecular weight is 349 g/mol. The first-order valence-electron chi connectivity index (χ1n) is 7.97. The highest BCUT2D eigenvalue weighted by atomic mass is 32.2. The molecule has 1 amide bonds. The van der Waals surface area contributed by atoms with Crippen LogP contribution in [0.25, 0.3) is 10.9 Å². The van der Waals surface area contributed by atoms with E-state index in [0.29, 0.717) is 29.2 Å². The molecule has 0 bridgehead atoms. The standard InChI is InChI=1S/C17H23N3O3S/c1-4-12(2)18-15(21)11-24-17-19-14-8-6-5-7-13(14)16(22)20(17)9-10-23-3/h5-8,12H,4,9-11H2,1-3H3,(H,18,21). The fraction of sp³-hybridized carbons (Fsp3) is 0.471. The number of hydrogen-bond donors (Lipinski definition) is 1. The summed E-state index contributed by atoms with van der Waals surface area (Å²) in [6.45, 7) is 4.80. The highest BCUT2D eigenvalue weighted by molar-refractivity contribution is 7.99. The first kappa shape index (κ1) is 18.5. The van der Waals surface area contributed by atoms with Gasteiger partial charge in [0.1, 0.15) is 0 Å². The van der Waals surface area contributed by atoms with Gasteiger partial charge < -0.3 is 10.1 Å². The van der Waals surface area contributed by atoms with Gasteiger partial charge in [-0.15, -0.1) is 0 Å². The van der Waals surface area contributed by atoms with Crippen LogP contribution in [0.3, 0.4) is 0 Å². The van der Waals surface area contributed by atoms with Crippen molar-refractivity contribution in [1.29, 1.82) is 0 Å². The molecule has 130 valence electrons. The number of carbonyl (C=O) groups excluding carboxylic acids is 1. The zero-order valence-corrected chi connectivity index (χ0v) is 15.1. The second kappa shape index (κ2) is 8.84. The van der Waals surface area contributed by atoms with Crippen molar-refractivity contribution in [3.8, 4) is 0 Å². The van der Waals surface area contributed by atoms with Gasteiger partial charge >= 0.3 is 0 Å². The minimum atomic E-state index is -0.109. The fourth-order valence-corrected chi connectivity index (χ4v) is 3.02. The quantitative estimate of drug-likeness (QED) is 0.583. The minimum Gasteiger partial charge on any atom is -0.383 e. The Morgan fingerprint density at radius 2 is 2.17 bits per heavy atom. The zero-order valence-electron chi connectivity index (χ0n) is 14.2. The number of nitrogens with one attached hydrogen (secondary N) is 1. The van der Waals surface area contributed by atoms with Crippen molar-refractivity contribution >= 4 is 28.6 Å². The first-order valence-corrected chi connectivity index (χ1v) is 8.96. The van der Waals surface area contributed by atoms with E-state index in [1.165, 1.54) is 11.8 Å². The molecule has 24 heavy (non-hydrogen) atoms. The van der Waals surface area contributed by atoms with Gasteiger partial charge in [-0.25, -0.2) is 4.98 Å². The second-order valence-corrected chi connectivity index (χ2v) is 6.47. The molecule has 1 aromatic carbocycles. The van der Waals surface area contributed by atoms with E-state index in [9.17, 15) is 9.59 Å². The van der Waals surface area contributed by atoms with Gasteiger partial charge in [0.2, 0.25) is 5.91 Å². The number of fused-ring (bicyclic) bond motifs is 1. The van der Waals surface area contributed by atoms with E-state index in [2.05, 4.69) is 10.3 Å². The summed E-state index contributed by atoms with van der Waals surface area (Å²) in [6.07, 6.45) is 0.878. The maximum absolute atomic E-state index is 12.7. The Morgan fingerprint density at radius 1 is 1.42 bits per heavy atom. The topological polar surface area (TPSA) is 73.2 Å². The predicted molar refractivity (Wildman–Crippen MR) is 96.5 cm³/mol. The molecule has 1 aromatic heterocycles. The molecule has 2 aromatic rings. The van der Waals surface area contributed by atoms with Gasteiger partial charge in [0.25, 0.3) is 5.56 Å². The molecule has 6 nitrogen and oxygen atoms in total. The fourth-order valence-electron chi connectivity index (χ4n) is 2.19. The minimum absolute atomic E-state index is 0.0601. The van der Waals surface area contributed by atoms with Gasteiger partial charge in [-0.1, -0.05) is 30.8 Å². The van der Waals surface area contributed by atoms with Crippen LogP contribution in [0.15, 0.2) is 34.2 Å². The summed E-state index contributed by atoms with van der Waals surface area (Å²) in [4.78, 5) is 29.2. The second-order valence-electron chi connectivity index (χ2n) is 5.53. The molecule has 0 radical (unpaired) electrons. The summed E-state index contributed by atoms with van der Waals surface area (Å²) in [5.74, 6) is 0.164. The molecule has 1 heterocycles. The summed E-state index contributed by atoms with van der Waals surface area (Å²) in [7, 11) is 1.59. The van der Waals surface area contributed by atoms with Crippen LogP contribution in [0.4, 0.5) is 0 Å². The Morgan fingerprint density at radius 3 is 2.88 bits per heavy atom.